The summed E-state index contributed by atoms with van der Waals surface area (Å²) in [5.41, 5.74) is 0. The average Bonchev–Trinajstić information content (AvgIpc) is 2.03. The third-order valence-electron chi connectivity index (χ3n) is 1.60. The van der Waals surface area contributed by atoms with Crippen LogP contribution < -0.4 is 5.32 Å². The second kappa shape index (κ2) is 6.85. The fourth-order valence-corrected chi connectivity index (χ4v) is 1.01. The van der Waals surface area contributed by atoms with Crippen LogP contribution in [0.3, 0.4) is 0 Å². The number of ether oxygens (including phenoxy) is 2. The van der Waals surface area contributed by atoms with Gasteiger partial charge in [0.15, 0.2) is 0 Å². The lowest BCUT2D eigenvalue weighted by Crippen LogP contribution is -2.30. The second-order valence-electron chi connectivity index (χ2n) is 2.46. The molecule has 0 bridgehead atoms. The predicted octanol–water partition coefficient (Wildman–Crippen LogP) is 0.433. The van der Waals surface area contributed by atoms with E-state index < -0.39 is 0 Å². The van der Waals surface area contributed by atoms with Crippen LogP contribution in [-0.2, 0) is 9.47 Å². The fourth-order valence-electron chi connectivity index (χ4n) is 1.01. The molecule has 0 saturated carbocycles. The normalized spacial score (nSPS) is 24.3. The van der Waals surface area contributed by atoms with Crippen molar-refractivity contribution in [1.82, 2.24) is 5.32 Å². The molecule has 0 amide bonds. The van der Waals surface area contributed by atoms with E-state index in [-0.39, 0.29) is 12.4 Å². The minimum absolute atomic E-state index is 0. The van der Waals surface area contributed by atoms with Crippen LogP contribution >= 0.6 is 12.4 Å². The molecule has 1 heterocycles. The largest absolute Gasteiger partial charge is 0.376 e. The van der Waals surface area contributed by atoms with Crippen molar-refractivity contribution in [2.75, 3.05) is 33.4 Å². The van der Waals surface area contributed by atoms with Crippen molar-refractivity contribution < 1.29 is 9.47 Å². The minimum Gasteiger partial charge on any atom is -0.376 e. The van der Waals surface area contributed by atoms with Crippen molar-refractivity contribution in [2.24, 2.45) is 0 Å². The molecule has 11 heavy (non-hydrogen) atoms. The first-order valence-corrected chi connectivity index (χ1v) is 3.77. The third kappa shape index (κ3) is 4.58. The molecule has 1 aliphatic rings. The minimum atomic E-state index is 0. The lowest BCUT2D eigenvalue weighted by atomic mass is 10.2. The van der Waals surface area contributed by atoms with Crippen molar-refractivity contribution in [3.63, 3.8) is 0 Å². The smallest absolute Gasteiger partial charge is 0.0821 e. The molecule has 1 fully saturated rings. The standard InChI is InChI=1S/C7H15NO2.ClH/c1-8-3-2-7-6-9-4-5-10-7;/h7-8H,2-6H2,1H3;1H/t7-;/m1./s1. The van der Waals surface area contributed by atoms with Gasteiger partial charge < -0.3 is 14.8 Å². The van der Waals surface area contributed by atoms with Crippen LogP contribution in [0.4, 0.5) is 0 Å². The highest BCUT2D eigenvalue weighted by atomic mass is 35.5. The van der Waals surface area contributed by atoms with Crippen LogP contribution in [-0.4, -0.2) is 39.5 Å². The zero-order valence-corrected chi connectivity index (χ0v) is 7.65. The quantitative estimate of drug-likeness (QED) is 0.685. The molecule has 0 aliphatic carbocycles. The molecule has 1 aliphatic heterocycles. The van der Waals surface area contributed by atoms with Crippen LogP contribution in [0.15, 0.2) is 0 Å². The van der Waals surface area contributed by atoms with Crippen LogP contribution in [0.25, 0.3) is 0 Å². The Labute approximate surface area is 73.9 Å². The first kappa shape index (κ1) is 11.2. The van der Waals surface area contributed by atoms with Gasteiger partial charge in [-0.2, -0.15) is 0 Å². The molecule has 3 nitrogen and oxygen atoms in total. The van der Waals surface area contributed by atoms with Crippen molar-refractivity contribution in [2.45, 2.75) is 12.5 Å². The Morgan fingerprint density at radius 3 is 2.82 bits per heavy atom. The number of rotatable bonds is 3. The Balaban J connectivity index is 0.000001000. The van der Waals surface area contributed by atoms with Gasteiger partial charge in [0.05, 0.1) is 25.9 Å². The number of nitrogens with one attached hydrogen (secondary N) is 1. The molecule has 1 saturated heterocycles. The highest BCUT2D eigenvalue weighted by Crippen LogP contribution is 2.03. The van der Waals surface area contributed by atoms with E-state index in [9.17, 15) is 0 Å². The average molecular weight is 182 g/mol. The second-order valence-corrected chi connectivity index (χ2v) is 2.46. The van der Waals surface area contributed by atoms with Gasteiger partial charge in [-0.05, 0) is 20.0 Å². The molecule has 0 aromatic rings. The van der Waals surface area contributed by atoms with E-state index in [0.717, 1.165) is 32.8 Å². The molecule has 4 heteroatoms. The van der Waals surface area contributed by atoms with E-state index in [2.05, 4.69) is 5.32 Å². The summed E-state index contributed by atoms with van der Waals surface area (Å²) in [6.07, 6.45) is 1.37. The summed E-state index contributed by atoms with van der Waals surface area (Å²) < 4.78 is 10.6. The number of halogens is 1. The molecule has 1 rings (SSSR count). The maximum absolute atomic E-state index is 5.42. The van der Waals surface area contributed by atoms with Gasteiger partial charge in [0.2, 0.25) is 0 Å². The highest BCUT2D eigenvalue weighted by Gasteiger charge is 2.12. The van der Waals surface area contributed by atoms with Crippen molar-refractivity contribution in [1.29, 1.82) is 0 Å². The Bertz CT molecular complexity index is 86.5. The zero-order valence-electron chi connectivity index (χ0n) is 6.84. The highest BCUT2D eigenvalue weighted by molar-refractivity contribution is 5.85. The van der Waals surface area contributed by atoms with E-state index >= 15 is 0 Å². The van der Waals surface area contributed by atoms with Crippen LogP contribution in [0, 0.1) is 0 Å². The van der Waals surface area contributed by atoms with E-state index in [4.69, 9.17) is 9.47 Å². The van der Waals surface area contributed by atoms with Crippen LogP contribution in [0.2, 0.25) is 0 Å². The third-order valence-corrected chi connectivity index (χ3v) is 1.60. The van der Waals surface area contributed by atoms with Crippen molar-refractivity contribution in [3.05, 3.63) is 0 Å². The van der Waals surface area contributed by atoms with Gasteiger partial charge in [0, 0.05) is 0 Å². The van der Waals surface area contributed by atoms with Gasteiger partial charge in [-0.15, -0.1) is 12.4 Å². The lowest BCUT2D eigenvalue weighted by Gasteiger charge is -2.22. The van der Waals surface area contributed by atoms with Gasteiger partial charge in [-0.3, -0.25) is 0 Å². The summed E-state index contributed by atoms with van der Waals surface area (Å²) in [6.45, 7) is 3.29. The molecule has 0 radical (unpaired) electrons. The molecule has 0 aromatic carbocycles. The maximum atomic E-state index is 5.42. The molecule has 0 unspecified atom stereocenters. The molecule has 68 valence electrons. The van der Waals surface area contributed by atoms with E-state index in [0.29, 0.717) is 6.10 Å². The molecular formula is C7H16ClNO2. The molecule has 0 spiro atoms. The summed E-state index contributed by atoms with van der Waals surface area (Å²) in [4.78, 5) is 0. The first-order chi connectivity index (χ1) is 4.93. The van der Waals surface area contributed by atoms with Gasteiger partial charge in [-0.25, -0.2) is 0 Å². The first-order valence-electron chi connectivity index (χ1n) is 3.77. The lowest BCUT2D eigenvalue weighted by molar-refractivity contribution is -0.0900. The topological polar surface area (TPSA) is 30.5 Å². The maximum Gasteiger partial charge on any atom is 0.0821 e. The van der Waals surface area contributed by atoms with Gasteiger partial charge in [0.25, 0.3) is 0 Å². The number of hydrogen-bond donors (Lipinski definition) is 1. The monoisotopic (exact) mass is 181 g/mol. The summed E-state index contributed by atoms with van der Waals surface area (Å²) in [7, 11) is 1.95. The summed E-state index contributed by atoms with van der Waals surface area (Å²) in [6, 6.07) is 0. The Kier molecular flexibility index (Phi) is 6.96. The fraction of sp³-hybridized carbons (Fsp3) is 1.00. The van der Waals surface area contributed by atoms with E-state index in [1.165, 1.54) is 0 Å². The summed E-state index contributed by atoms with van der Waals surface area (Å²) in [5, 5.41) is 3.08. The summed E-state index contributed by atoms with van der Waals surface area (Å²) in [5.74, 6) is 0. The van der Waals surface area contributed by atoms with E-state index in [1.54, 1.807) is 0 Å². The van der Waals surface area contributed by atoms with Crippen molar-refractivity contribution in [3.8, 4) is 0 Å². The SMILES string of the molecule is CNCC[C@@H]1COCCO1.Cl. The molecular weight excluding hydrogens is 166 g/mol. The number of hydrogen-bond acceptors (Lipinski definition) is 3. The molecule has 1 atom stereocenters. The van der Waals surface area contributed by atoms with Gasteiger partial charge in [-0.1, -0.05) is 0 Å². The van der Waals surface area contributed by atoms with Gasteiger partial charge in [0.1, 0.15) is 0 Å². The van der Waals surface area contributed by atoms with Crippen LogP contribution in [0.1, 0.15) is 6.42 Å². The van der Waals surface area contributed by atoms with E-state index in [1.807, 2.05) is 7.05 Å². The van der Waals surface area contributed by atoms with Crippen molar-refractivity contribution >= 4 is 12.4 Å². The van der Waals surface area contributed by atoms with Crippen LogP contribution in [0.5, 0.6) is 0 Å². The molecule has 0 aromatic heterocycles. The Morgan fingerprint density at radius 1 is 1.45 bits per heavy atom. The zero-order chi connectivity index (χ0) is 7.23. The summed E-state index contributed by atoms with van der Waals surface area (Å²) >= 11 is 0. The Hall–Kier alpha value is 0.170. The van der Waals surface area contributed by atoms with Gasteiger partial charge >= 0.3 is 0 Å². The predicted molar refractivity (Wildman–Crippen MR) is 46.4 cm³/mol. The Morgan fingerprint density at radius 2 is 2.27 bits per heavy atom. The molecule has 1 N–H and O–H groups in total.